The first-order chi connectivity index (χ1) is 10.4. The molecule has 1 aliphatic carbocycles. The van der Waals surface area contributed by atoms with Gasteiger partial charge >= 0.3 is 0 Å². The van der Waals surface area contributed by atoms with Crippen LogP contribution in [0.4, 0.5) is 0 Å². The molecule has 0 aliphatic heterocycles. The van der Waals surface area contributed by atoms with Crippen molar-refractivity contribution in [3.8, 4) is 0 Å². The molecule has 1 aromatic carbocycles. The highest BCUT2D eigenvalue weighted by Crippen LogP contribution is 2.39. The molecule has 2 N–H and O–H groups in total. The van der Waals surface area contributed by atoms with Crippen LogP contribution in [0.1, 0.15) is 49.4 Å². The van der Waals surface area contributed by atoms with Crippen molar-refractivity contribution >= 4 is 23.3 Å². The summed E-state index contributed by atoms with van der Waals surface area (Å²) in [5.74, 6) is 0.279. The average molecular weight is 324 g/mol. The lowest BCUT2D eigenvalue weighted by molar-refractivity contribution is -0.123. The number of halogens is 1. The Morgan fingerprint density at radius 1 is 1.27 bits per heavy atom. The number of nitrogens with one attached hydrogen (secondary N) is 1. The highest BCUT2D eigenvalue weighted by Gasteiger charge is 2.41. The van der Waals surface area contributed by atoms with Gasteiger partial charge in [-0.15, -0.1) is 0 Å². The molecule has 1 saturated carbocycles. The number of aliphatic hydroxyl groups is 1. The summed E-state index contributed by atoms with van der Waals surface area (Å²) in [5, 5.41) is 13.0. The molecule has 1 atom stereocenters. The van der Waals surface area contributed by atoms with Gasteiger partial charge in [0.15, 0.2) is 5.78 Å². The number of amides is 1. The molecule has 0 heterocycles. The molecule has 0 saturated heterocycles. The maximum absolute atomic E-state index is 12.0. The summed E-state index contributed by atoms with van der Waals surface area (Å²) in [5.41, 5.74) is 0.0973. The fourth-order valence-electron chi connectivity index (χ4n) is 2.56. The Balaban J connectivity index is 1.74. The zero-order valence-electron chi connectivity index (χ0n) is 12.8. The molecular weight excluding hydrogens is 302 g/mol. The van der Waals surface area contributed by atoms with Crippen LogP contribution >= 0.6 is 11.6 Å². The second-order valence-corrected chi connectivity index (χ2v) is 6.62. The van der Waals surface area contributed by atoms with E-state index in [2.05, 4.69) is 5.32 Å². The van der Waals surface area contributed by atoms with Crippen LogP contribution in [-0.2, 0) is 4.79 Å². The Kier molecular flexibility index (Phi) is 5.59. The first-order valence-electron chi connectivity index (χ1n) is 7.65. The SMILES string of the molecule is CC(CO)(NC(=O)CCCC(=O)c1ccc(Cl)cc1)C1CC1. The topological polar surface area (TPSA) is 66.4 Å². The van der Waals surface area contributed by atoms with Crippen molar-refractivity contribution in [2.45, 2.75) is 44.6 Å². The monoisotopic (exact) mass is 323 g/mol. The number of hydrogen-bond acceptors (Lipinski definition) is 3. The molecule has 0 bridgehead atoms. The summed E-state index contributed by atoms with van der Waals surface area (Å²) in [6.07, 6.45) is 3.22. The van der Waals surface area contributed by atoms with E-state index in [0.29, 0.717) is 35.8 Å². The Hall–Kier alpha value is -1.39. The smallest absolute Gasteiger partial charge is 0.220 e. The van der Waals surface area contributed by atoms with Crippen LogP contribution < -0.4 is 5.32 Å². The maximum Gasteiger partial charge on any atom is 0.220 e. The van der Waals surface area contributed by atoms with Crippen LogP contribution in [0.25, 0.3) is 0 Å². The van der Waals surface area contributed by atoms with Crippen LogP contribution in [0.15, 0.2) is 24.3 Å². The summed E-state index contributed by atoms with van der Waals surface area (Å²) in [7, 11) is 0. The largest absolute Gasteiger partial charge is 0.394 e. The molecule has 0 radical (unpaired) electrons. The van der Waals surface area contributed by atoms with Crippen molar-refractivity contribution in [2.24, 2.45) is 5.92 Å². The zero-order chi connectivity index (χ0) is 16.2. The van der Waals surface area contributed by atoms with Gasteiger partial charge in [0, 0.05) is 23.4 Å². The second-order valence-electron chi connectivity index (χ2n) is 6.18. The van der Waals surface area contributed by atoms with E-state index in [9.17, 15) is 14.7 Å². The normalized spacial score (nSPS) is 16.9. The predicted octanol–water partition coefficient (Wildman–Crippen LogP) is 2.97. The van der Waals surface area contributed by atoms with E-state index in [4.69, 9.17) is 11.6 Å². The number of benzene rings is 1. The molecule has 120 valence electrons. The van der Waals surface area contributed by atoms with Gasteiger partial charge in [0.1, 0.15) is 0 Å². The first-order valence-corrected chi connectivity index (χ1v) is 8.03. The lowest BCUT2D eigenvalue weighted by Crippen LogP contribution is -2.50. The predicted molar refractivity (Wildman–Crippen MR) is 86.0 cm³/mol. The van der Waals surface area contributed by atoms with E-state index < -0.39 is 5.54 Å². The van der Waals surface area contributed by atoms with E-state index in [1.165, 1.54) is 0 Å². The van der Waals surface area contributed by atoms with Crippen molar-refractivity contribution in [1.29, 1.82) is 0 Å². The lowest BCUT2D eigenvalue weighted by atomic mass is 9.96. The third kappa shape index (κ3) is 4.55. The van der Waals surface area contributed by atoms with E-state index in [1.807, 2.05) is 6.92 Å². The van der Waals surface area contributed by atoms with Crippen LogP contribution in [0, 0.1) is 5.92 Å². The highest BCUT2D eigenvalue weighted by atomic mass is 35.5. The summed E-state index contributed by atoms with van der Waals surface area (Å²) in [4.78, 5) is 23.9. The van der Waals surface area contributed by atoms with Gasteiger partial charge in [0.25, 0.3) is 0 Å². The van der Waals surface area contributed by atoms with E-state index in [-0.39, 0.29) is 18.3 Å². The fourth-order valence-corrected chi connectivity index (χ4v) is 2.69. The summed E-state index contributed by atoms with van der Waals surface area (Å²) >= 11 is 5.78. The van der Waals surface area contributed by atoms with Gasteiger partial charge in [-0.2, -0.15) is 0 Å². The van der Waals surface area contributed by atoms with Crippen molar-refractivity contribution < 1.29 is 14.7 Å². The number of Topliss-reactive ketones (excluding diaryl/α,β-unsaturated/α-hetero) is 1. The highest BCUT2D eigenvalue weighted by molar-refractivity contribution is 6.30. The standard InChI is InChI=1S/C17H22ClNO3/c1-17(11-20,13-7-8-13)19-16(22)4-2-3-15(21)12-5-9-14(18)10-6-12/h5-6,9-10,13,20H,2-4,7-8,11H2,1H3,(H,19,22). The van der Waals surface area contributed by atoms with Crippen molar-refractivity contribution in [2.75, 3.05) is 6.61 Å². The third-order valence-electron chi connectivity index (χ3n) is 4.21. The van der Waals surface area contributed by atoms with Crippen LogP contribution in [0.3, 0.4) is 0 Å². The minimum Gasteiger partial charge on any atom is -0.394 e. The Bertz CT molecular complexity index is 539. The number of ketones is 1. The Morgan fingerprint density at radius 3 is 2.45 bits per heavy atom. The van der Waals surface area contributed by atoms with Gasteiger partial charge in [0.05, 0.1) is 12.1 Å². The first kappa shape index (κ1) is 17.0. The minimum absolute atomic E-state index is 0.0107. The molecule has 0 spiro atoms. The van der Waals surface area contributed by atoms with Crippen molar-refractivity contribution in [3.05, 3.63) is 34.9 Å². The fraction of sp³-hybridized carbons (Fsp3) is 0.529. The van der Waals surface area contributed by atoms with Gasteiger partial charge in [0.2, 0.25) is 5.91 Å². The molecule has 22 heavy (non-hydrogen) atoms. The second kappa shape index (κ2) is 7.25. The molecule has 4 nitrogen and oxygen atoms in total. The molecule has 0 aromatic heterocycles. The number of rotatable bonds is 8. The van der Waals surface area contributed by atoms with Crippen molar-refractivity contribution in [1.82, 2.24) is 5.32 Å². The average Bonchev–Trinajstić information content (AvgIpc) is 3.32. The quantitative estimate of drug-likeness (QED) is 0.723. The van der Waals surface area contributed by atoms with E-state index in [1.54, 1.807) is 24.3 Å². The molecule has 1 aromatic rings. The summed E-state index contributed by atoms with van der Waals surface area (Å²) < 4.78 is 0. The van der Waals surface area contributed by atoms with Crippen LogP contribution in [-0.4, -0.2) is 28.9 Å². The number of carbonyl (C=O) groups is 2. The van der Waals surface area contributed by atoms with E-state index in [0.717, 1.165) is 12.8 Å². The Morgan fingerprint density at radius 2 is 1.91 bits per heavy atom. The third-order valence-corrected chi connectivity index (χ3v) is 4.46. The molecule has 5 heteroatoms. The lowest BCUT2D eigenvalue weighted by Gasteiger charge is -2.28. The van der Waals surface area contributed by atoms with Gasteiger partial charge < -0.3 is 10.4 Å². The van der Waals surface area contributed by atoms with Crippen LogP contribution in [0.5, 0.6) is 0 Å². The summed E-state index contributed by atoms with van der Waals surface area (Å²) in [6, 6.07) is 6.76. The zero-order valence-corrected chi connectivity index (χ0v) is 13.5. The minimum atomic E-state index is -0.517. The molecule has 1 aliphatic rings. The van der Waals surface area contributed by atoms with Gasteiger partial charge in [-0.05, 0) is 56.4 Å². The number of aliphatic hydroxyl groups excluding tert-OH is 1. The summed E-state index contributed by atoms with van der Waals surface area (Å²) in [6.45, 7) is 1.83. The number of carbonyl (C=O) groups excluding carboxylic acids is 2. The molecular formula is C17H22ClNO3. The molecule has 2 rings (SSSR count). The molecule has 1 fully saturated rings. The maximum atomic E-state index is 12.0. The van der Waals surface area contributed by atoms with Crippen molar-refractivity contribution in [3.63, 3.8) is 0 Å². The molecule has 1 unspecified atom stereocenters. The van der Waals surface area contributed by atoms with E-state index >= 15 is 0 Å². The van der Waals surface area contributed by atoms with Gasteiger partial charge in [-0.25, -0.2) is 0 Å². The number of hydrogen-bond donors (Lipinski definition) is 2. The van der Waals surface area contributed by atoms with Crippen LogP contribution in [0.2, 0.25) is 5.02 Å². The van der Waals surface area contributed by atoms with Gasteiger partial charge in [-0.3, -0.25) is 9.59 Å². The Labute approximate surface area is 135 Å². The van der Waals surface area contributed by atoms with Gasteiger partial charge in [-0.1, -0.05) is 11.6 Å². The molecule has 1 amide bonds.